The van der Waals surface area contributed by atoms with Crippen molar-refractivity contribution in [3.8, 4) is 6.07 Å². The number of aromatic nitrogens is 1. The summed E-state index contributed by atoms with van der Waals surface area (Å²) in [5, 5.41) is 12.7. The van der Waals surface area contributed by atoms with Gasteiger partial charge in [0, 0.05) is 5.02 Å². The van der Waals surface area contributed by atoms with Crippen LogP contribution in [0.1, 0.15) is 24.2 Å². The molecule has 1 aromatic carbocycles. The molecular weight excluding hydrogens is 246 g/mol. The van der Waals surface area contributed by atoms with Crippen LogP contribution >= 0.6 is 11.6 Å². The van der Waals surface area contributed by atoms with E-state index in [1.165, 1.54) is 0 Å². The first-order valence-electron chi connectivity index (χ1n) is 5.59. The molecule has 18 heavy (non-hydrogen) atoms. The largest absolute Gasteiger partial charge is 0.363 e. The number of halogens is 1. The van der Waals surface area contributed by atoms with Gasteiger partial charge in [0.1, 0.15) is 17.6 Å². The molecule has 0 amide bonds. The lowest BCUT2D eigenvalue weighted by Crippen LogP contribution is -2.08. The van der Waals surface area contributed by atoms with Crippen molar-refractivity contribution in [2.75, 3.05) is 5.32 Å². The minimum Gasteiger partial charge on any atom is -0.363 e. The van der Waals surface area contributed by atoms with Gasteiger partial charge in [-0.1, -0.05) is 35.9 Å². The number of nitrogens with one attached hydrogen (secondary N) is 1. The molecule has 1 atom stereocenters. The highest BCUT2D eigenvalue weighted by molar-refractivity contribution is 6.31. The van der Waals surface area contributed by atoms with Crippen molar-refractivity contribution in [3.63, 3.8) is 0 Å². The Morgan fingerprint density at radius 1 is 1.22 bits per heavy atom. The third-order valence-electron chi connectivity index (χ3n) is 2.60. The first kappa shape index (κ1) is 12.4. The molecule has 1 aromatic heterocycles. The Labute approximate surface area is 111 Å². The molecule has 0 aliphatic rings. The molecule has 0 fully saturated rings. The number of benzene rings is 1. The third-order valence-corrected chi connectivity index (χ3v) is 2.94. The van der Waals surface area contributed by atoms with Crippen LogP contribution in [0, 0.1) is 11.3 Å². The number of pyridine rings is 1. The average Bonchev–Trinajstić information content (AvgIpc) is 2.39. The van der Waals surface area contributed by atoms with Gasteiger partial charge in [-0.05, 0) is 30.7 Å². The molecule has 2 aromatic rings. The van der Waals surface area contributed by atoms with Crippen molar-refractivity contribution < 1.29 is 0 Å². The fourth-order valence-electron chi connectivity index (χ4n) is 1.70. The maximum atomic E-state index is 8.80. The summed E-state index contributed by atoms with van der Waals surface area (Å²) in [5.74, 6) is 0.668. The van der Waals surface area contributed by atoms with E-state index in [-0.39, 0.29) is 6.04 Å². The van der Waals surface area contributed by atoms with Gasteiger partial charge in [-0.3, -0.25) is 0 Å². The molecule has 0 radical (unpaired) electrons. The van der Waals surface area contributed by atoms with Gasteiger partial charge in [-0.15, -0.1) is 0 Å². The van der Waals surface area contributed by atoms with Gasteiger partial charge in [0.05, 0.1) is 6.04 Å². The van der Waals surface area contributed by atoms with E-state index in [9.17, 15) is 0 Å². The van der Waals surface area contributed by atoms with Gasteiger partial charge in [0.2, 0.25) is 0 Å². The van der Waals surface area contributed by atoms with E-state index >= 15 is 0 Å². The molecule has 0 saturated carbocycles. The predicted molar refractivity (Wildman–Crippen MR) is 72.4 cm³/mol. The van der Waals surface area contributed by atoms with Crippen molar-refractivity contribution >= 4 is 17.4 Å². The van der Waals surface area contributed by atoms with E-state index in [4.69, 9.17) is 16.9 Å². The summed E-state index contributed by atoms with van der Waals surface area (Å²) >= 11 is 6.13. The molecule has 1 N–H and O–H groups in total. The molecule has 3 nitrogen and oxygen atoms in total. The summed E-state index contributed by atoms with van der Waals surface area (Å²) in [5.41, 5.74) is 1.40. The van der Waals surface area contributed by atoms with Gasteiger partial charge in [0.15, 0.2) is 0 Å². The maximum absolute atomic E-state index is 8.80. The van der Waals surface area contributed by atoms with Gasteiger partial charge >= 0.3 is 0 Å². The highest BCUT2D eigenvalue weighted by Gasteiger charge is 2.09. The number of anilines is 1. The first-order valence-corrected chi connectivity index (χ1v) is 5.96. The molecule has 0 saturated heterocycles. The number of nitriles is 1. The van der Waals surface area contributed by atoms with Crippen molar-refractivity contribution in [2.45, 2.75) is 13.0 Å². The molecule has 4 heteroatoms. The molecular formula is C14H12ClN3. The van der Waals surface area contributed by atoms with Gasteiger partial charge < -0.3 is 5.32 Å². The second-order valence-electron chi connectivity index (χ2n) is 3.91. The molecule has 1 unspecified atom stereocenters. The zero-order valence-corrected chi connectivity index (χ0v) is 10.6. The van der Waals surface area contributed by atoms with Crippen molar-refractivity contribution in [1.82, 2.24) is 4.98 Å². The van der Waals surface area contributed by atoms with Crippen LogP contribution in [0.3, 0.4) is 0 Å². The van der Waals surface area contributed by atoms with E-state index in [1.54, 1.807) is 12.1 Å². The second kappa shape index (κ2) is 5.52. The molecule has 2 rings (SSSR count). The topological polar surface area (TPSA) is 48.7 Å². The number of nitrogens with zero attached hydrogens (tertiary/aromatic N) is 2. The number of hydrogen-bond acceptors (Lipinski definition) is 3. The first-order chi connectivity index (χ1) is 8.70. The summed E-state index contributed by atoms with van der Waals surface area (Å²) < 4.78 is 0. The SMILES string of the molecule is CC(Nc1cccc(C#N)n1)c1ccccc1Cl. The van der Waals surface area contributed by atoms with Crippen LogP contribution in [0.4, 0.5) is 5.82 Å². The number of rotatable bonds is 3. The summed E-state index contributed by atoms with van der Waals surface area (Å²) in [7, 11) is 0. The van der Waals surface area contributed by atoms with E-state index in [0.29, 0.717) is 16.5 Å². The summed E-state index contributed by atoms with van der Waals surface area (Å²) in [6, 6.07) is 15.0. The highest BCUT2D eigenvalue weighted by atomic mass is 35.5. The predicted octanol–water partition coefficient (Wildman–Crippen LogP) is 3.78. The second-order valence-corrected chi connectivity index (χ2v) is 4.31. The Kier molecular flexibility index (Phi) is 3.81. The Morgan fingerprint density at radius 2 is 2.00 bits per heavy atom. The van der Waals surface area contributed by atoms with Gasteiger partial charge in [-0.2, -0.15) is 5.26 Å². The van der Waals surface area contributed by atoms with E-state index in [1.807, 2.05) is 43.3 Å². The summed E-state index contributed by atoms with van der Waals surface area (Å²) in [4.78, 5) is 4.17. The highest BCUT2D eigenvalue weighted by Crippen LogP contribution is 2.24. The molecule has 0 spiro atoms. The molecule has 0 bridgehead atoms. The van der Waals surface area contributed by atoms with Crippen molar-refractivity contribution in [2.24, 2.45) is 0 Å². The lowest BCUT2D eigenvalue weighted by atomic mass is 10.1. The smallest absolute Gasteiger partial charge is 0.142 e. The molecule has 0 aliphatic heterocycles. The van der Waals surface area contributed by atoms with Crippen LogP contribution < -0.4 is 5.32 Å². The van der Waals surface area contributed by atoms with E-state index < -0.39 is 0 Å². The lowest BCUT2D eigenvalue weighted by Gasteiger charge is -2.16. The van der Waals surface area contributed by atoms with Crippen LogP contribution in [0.5, 0.6) is 0 Å². The Bertz CT molecular complexity index is 590. The molecule has 90 valence electrons. The minimum atomic E-state index is 0.0279. The Hall–Kier alpha value is -2.05. The fraction of sp³-hybridized carbons (Fsp3) is 0.143. The van der Waals surface area contributed by atoms with Crippen LogP contribution in [0.2, 0.25) is 5.02 Å². The van der Waals surface area contributed by atoms with Gasteiger partial charge in [0.25, 0.3) is 0 Å². The maximum Gasteiger partial charge on any atom is 0.142 e. The number of hydrogen-bond donors (Lipinski definition) is 1. The van der Waals surface area contributed by atoms with Crippen molar-refractivity contribution in [3.05, 3.63) is 58.7 Å². The molecule has 0 aliphatic carbocycles. The van der Waals surface area contributed by atoms with Gasteiger partial charge in [-0.25, -0.2) is 4.98 Å². The summed E-state index contributed by atoms with van der Waals surface area (Å²) in [6.07, 6.45) is 0. The third kappa shape index (κ3) is 2.79. The van der Waals surface area contributed by atoms with Crippen LogP contribution in [-0.4, -0.2) is 4.98 Å². The summed E-state index contributed by atoms with van der Waals surface area (Å²) in [6.45, 7) is 2.00. The Morgan fingerprint density at radius 3 is 2.72 bits per heavy atom. The van der Waals surface area contributed by atoms with Crippen LogP contribution in [0.15, 0.2) is 42.5 Å². The lowest BCUT2D eigenvalue weighted by molar-refractivity contribution is 0.874. The Balaban J connectivity index is 2.19. The standard InChI is InChI=1S/C14H12ClN3/c1-10(12-6-2-3-7-13(12)15)17-14-8-4-5-11(9-16)18-14/h2-8,10H,1H3,(H,17,18). The zero-order chi connectivity index (χ0) is 13.0. The van der Waals surface area contributed by atoms with Crippen molar-refractivity contribution in [1.29, 1.82) is 5.26 Å². The quantitative estimate of drug-likeness (QED) is 0.910. The fourth-order valence-corrected chi connectivity index (χ4v) is 2.00. The monoisotopic (exact) mass is 257 g/mol. The van der Waals surface area contributed by atoms with Crippen LogP contribution in [-0.2, 0) is 0 Å². The zero-order valence-electron chi connectivity index (χ0n) is 9.89. The van der Waals surface area contributed by atoms with E-state index in [0.717, 1.165) is 5.56 Å². The molecule has 1 heterocycles. The average molecular weight is 258 g/mol. The van der Waals surface area contributed by atoms with Crippen LogP contribution in [0.25, 0.3) is 0 Å². The minimum absolute atomic E-state index is 0.0279. The normalized spacial score (nSPS) is 11.6. The van der Waals surface area contributed by atoms with E-state index in [2.05, 4.69) is 10.3 Å².